The van der Waals surface area contributed by atoms with Gasteiger partial charge in [0, 0.05) is 12.0 Å². The van der Waals surface area contributed by atoms with Gasteiger partial charge in [-0.2, -0.15) is 0 Å². The first-order valence-electron chi connectivity index (χ1n) is 6.72. The van der Waals surface area contributed by atoms with Crippen LogP contribution < -0.4 is 5.73 Å². The molecule has 2 unspecified atom stereocenters. The van der Waals surface area contributed by atoms with Crippen LogP contribution in [0.25, 0.3) is 0 Å². The molecule has 2 nitrogen and oxygen atoms in total. The molecule has 21 heavy (non-hydrogen) atoms. The van der Waals surface area contributed by atoms with Gasteiger partial charge in [-0.3, -0.25) is 4.79 Å². The molecule has 2 aromatic rings. The average molecular weight is 289 g/mol. The lowest BCUT2D eigenvalue weighted by atomic mass is 9.88. The normalized spacial score (nSPS) is 13.8. The highest BCUT2D eigenvalue weighted by atomic mass is 19.2. The summed E-state index contributed by atoms with van der Waals surface area (Å²) < 4.78 is 27.5. The fourth-order valence-electron chi connectivity index (χ4n) is 2.21. The summed E-state index contributed by atoms with van der Waals surface area (Å²) in [5.74, 6) is -3.24. The number of ketones is 1. The van der Waals surface area contributed by atoms with Gasteiger partial charge in [0.2, 0.25) is 0 Å². The van der Waals surface area contributed by atoms with Crippen LogP contribution in [0.4, 0.5) is 8.78 Å². The third-order valence-electron chi connectivity index (χ3n) is 3.68. The van der Waals surface area contributed by atoms with Crippen molar-refractivity contribution in [3.8, 4) is 0 Å². The Balaban J connectivity index is 2.30. The number of rotatable bonds is 4. The molecule has 2 atom stereocenters. The van der Waals surface area contributed by atoms with Gasteiger partial charge in [0.1, 0.15) is 0 Å². The van der Waals surface area contributed by atoms with Gasteiger partial charge in [-0.1, -0.05) is 43.3 Å². The number of nitrogens with two attached hydrogens (primary N) is 1. The quantitative estimate of drug-likeness (QED) is 0.870. The standard InChI is InChI=1S/C17H17F2NO/c1-10-8-9-13(15(19)14(10)18)17(21)11(2)16(20)12-6-4-3-5-7-12/h3-9,11,16H,20H2,1-2H3. The Hall–Kier alpha value is -2.07. The van der Waals surface area contributed by atoms with Crippen LogP contribution in [-0.4, -0.2) is 5.78 Å². The fourth-order valence-corrected chi connectivity index (χ4v) is 2.21. The highest BCUT2D eigenvalue weighted by molar-refractivity contribution is 5.98. The first-order chi connectivity index (χ1) is 9.93. The molecule has 110 valence electrons. The van der Waals surface area contributed by atoms with E-state index in [2.05, 4.69) is 0 Å². The zero-order valence-electron chi connectivity index (χ0n) is 11.9. The minimum Gasteiger partial charge on any atom is -0.323 e. The summed E-state index contributed by atoms with van der Waals surface area (Å²) in [5, 5.41) is 0. The zero-order chi connectivity index (χ0) is 15.6. The Bertz CT molecular complexity index is 655. The summed E-state index contributed by atoms with van der Waals surface area (Å²) in [6, 6.07) is 11.2. The van der Waals surface area contributed by atoms with Gasteiger partial charge < -0.3 is 5.73 Å². The number of halogens is 2. The molecule has 0 heterocycles. The lowest BCUT2D eigenvalue weighted by molar-refractivity contribution is 0.0907. The molecule has 0 bridgehead atoms. The maximum Gasteiger partial charge on any atom is 0.170 e. The van der Waals surface area contributed by atoms with E-state index < -0.39 is 29.4 Å². The molecule has 0 aliphatic rings. The molecule has 0 radical (unpaired) electrons. The van der Waals surface area contributed by atoms with Crippen LogP contribution in [0.3, 0.4) is 0 Å². The van der Waals surface area contributed by atoms with Crippen molar-refractivity contribution in [2.45, 2.75) is 19.9 Å². The second-order valence-corrected chi connectivity index (χ2v) is 5.15. The molecule has 0 saturated heterocycles. The van der Waals surface area contributed by atoms with Gasteiger partial charge in [-0.25, -0.2) is 8.78 Å². The number of hydrogen-bond donors (Lipinski definition) is 1. The Kier molecular flexibility index (Phi) is 4.48. The Morgan fingerprint density at radius 1 is 1.05 bits per heavy atom. The van der Waals surface area contributed by atoms with E-state index in [4.69, 9.17) is 5.73 Å². The van der Waals surface area contributed by atoms with E-state index >= 15 is 0 Å². The van der Waals surface area contributed by atoms with Gasteiger partial charge in [0.15, 0.2) is 17.4 Å². The number of Topliss-reactive ketones (excluding diaryl/α,β-unsaturated/α-hetero) is 1. The van der Waals surface area contributed by atoms with Crippen molar-refractivity contribution in [3.05, 3.63) is 70.8 Å². The molecule has 0 aliphatic heterocycles. The third kappa shape index (κ3) is 3.00. The highest BCUT2D eigenvalue weighted by Gasteiger charge is 2.26. The van der Waals surface area contributed by atoms with Crippen molar-refractivity contribution in [2.24, 2.45) is 11.7 Å². The fraction of sp³-hybridized carbons (Fsp3) is 0.235. The largest absolute Gasteiger partial charge is 0.323 e. The lowest BCUT2D eigenvalue weighted by Crippen LogP contribution is -2.27. The van der Waals surface area contributed by atoms with E-state index in [9.17, 15) is 13.6 Å². The Morgan fingerprint density at radius 2 is 1.67 bits per heavy atom. The maximum absolute atomic E-state index is 13.9. The summed E-state index contributed by atoms with van der Waals surface area (Å²) in [6.07, 6.45) is 0. The number of aryl methyl sites for hydroxylation is 1. The number of benzene rings is 2. The molecule has 0 fully saturated rings. The molecule has 0 spiro atoms. The SMILES string of the molecule is Cc1ccc(C(=O)C(C)C(N)c2ccccc2)c(F)c1F. The van der Waals surface area contributed by atoms with Crippen molar-refractivity contribution >= 4 is 5.78 Å². The molecule has 0 aliphatic carbocycles. The van der Waals surface area contributed by atoms with Crippen LogP contribution in [0, 0.1) is 24.5 Å². The Morgan fingerprint density at radius 3 is 2.29 bits per heavy atom. The monoisotopic (exact) mass is 289 g/mol. The van der Waals surface area contributed by atoms with E-state index in [0.717, 1.165) is 5.56 Å². The summed E-state index contributed by atoms with van der Waals surface area (Å²) in [7, 11) is 0. The third-order valence-corrected chi connectivity index (χ3v) is 3.68. The number of hydrogen-bond acceptors (Lipinski definition) is 2. The predicted octanol–water partition coefficient (Wildman–Crippen LogP) is 3.79. The van der Waals surface area contributed by atoms with Crippen LogP contribution in [-0.2, 0) is 0 Å². The van der Waals surface area contributed by atoms with Crippen LogP contribution in [0.15, 0.2) is 42.5 Å². The Labute approximate surface area is 122 Å². The van der Waals surface area contributed by atoms with Crippen molar-refractivity contribution in [3.63, 3.8) is 0 Å². The van der Waals surface area contributed by atoms with Crippen LogP contribution in [0.2, 0.25) is 0 Å². The van der Waals surface area contributed by atoms with Crippen LogP contribution in [0.1, 0.15) is 34.5 Å². The van der Waals surface area contributed by atoms with Gasteiger partial charge in [-0.15, -0.1) is 0 Å². The van der Waals surface area contributed by atoms with Crippen molar-refractivity contribution in [2.75, 3.05) is 0 Å². The van der Waals surface area contributed by atoms with Gasteiger partial charge >= 0.3 is 0 Å². The summed E-state index contributed by atoms with van der Waals surface area (Å²) in [4.78, 5) is 12.4. The van der Waals surface area contributed by atoms with E-state index in [0.29, 0.717) is 0 Å². The first-order valence-corrected chi connectivity index (χ1v) is 6.72. The number of carbonyl (C=O) groups excluding carboxylic acids is 1. The molecule has 0 amide bonds. The molecule has 4 heteroatoms. The molecular formula is C17H17F2NO. The summed E-state index contributed by atoms with van der Waals surface area (Å²) in [6.45, 7) is 3.07. The minimum atomic E-state index is -1.10. The second-order valence-electron chi connectivity index (χ2n) is 5.15. The molecule has 0 saturated carbocycles. The lowest BCUT2D eigenvalue weighted by Gasteiger charge is -2.19. The second kappa shape index (κ2) is 6.14. The molecule has 2 aromatic carbocycles. The topological polar surface area (TPSA) is 43.1 Å². The van der Waals surface area contributed by atoms with Crippen molar-refractivity contribution in [1.29, 1.82) is 0 Å². The minimum absolute atomic E-state index is 0.170. The van der Waals surface area contributed by atoms with E-state index in [-0.39, 0.29) is 11.1 Å². The molecule has 0 aromatic heterocycles. The van der Waals surface area contributed by atoms with Crippen LogP contribution >= 0.6 is 0 Å². The van der Waals surface area contributed by atoms with Gasteiger partial charge in [0.25, 0.3) is 0 Å². The molecule has 2 N–H and O–H groups in total. The van der Waals surface area contributed by atoms with E-state index in [1.807, 2.05) is 18.2 Å². The molecular weight excluding hydrogens is 272 g/mol. The van der Waals surface area contributed by atoms with Gasteiger partial charge in [0.05, 0.1) is 5.56 Å². The van der Waals surface area contributed by atoms with Crippen LogP contribution in [0.5, 0.6) is 0 Å². The summed E-state index contributed by atoms with van der Waals surface area (Å²) in [5.41, 5.74) is 6.76. The number of carbonyl (C=O) groups is 1. The predicted molar refractivity (Wildman–Crippen MR) is 78.0 cm³/mol. The highest BCUT2D eigenvalue weighted by Crippen LogP contribution is 2.25. The van der Waals surface area contributed by atoms with E-state index in [1.54, 1.807) is 19.1 Å². The first kappa shape index (κ1) is 15.3. The van der Waals surface area contributed by atoms with Gasteiger partial charge in [-0.05, 0) is 24.1 Å². The van der Waals surface area contributed by atoms with Crippen molar-refractivity contribution in [1.82, 2.24) is 0 Å². The summed E-state index contributed by atoms with van der Waals surface area (Å²) >= 11 is 0. The zero-order valence-corrected chi connectivity index (χ0v) is 11.9. The van der Waals surface area contributed by atoms with Crippen molar-refractivity contribution < 1.29 is 13.6 Å². The molecule has 2 rings (SSSR count). The maximum atomic E-state index is 13.9. The smallest absolute Gasteiger partial charge is 0.170 e. The van der Waals surface area contributed by atoms with E-state index in [1.165, 1.54) is 19.1 Å². The average Bonchev–Trinajstić information content (AvgIpc) is 2.51.